The maximum Gasteiger partial charge on any atom is 0.223 e. The number of nitrogen functional groups attached to an aromatic ring is 1. The third kappa shape index (κ3) is 2.64. The first-order chi connectivity index (χ1) is 9.67. The van der Waals surface area contributed by atoms with Gasteiger partial charge in [0.1, 0.15) is 5.82 Å². The number of pyridine rings is 1. The van der Waals surface area contributed by atoms with Crippen molar-refractivity contribution in [3.05, 3.63) is 16.0 Å². The number of likely N-dealkylation sites (tertiary alicyclic amines) is 1. The zero-order valence-electron chi connectivity index (χ0n) is 11.3. The minimum Gasteiger partial charge on any atom is -0.383 e. The molecule has 1 saturated heterocycles. The molecule has 1 fully saturated rings. The SMILES string of the molecule is CCN1CC[C@H](Nc2ncc3c(N)ncc(I)c3n2)C1. The molecule has 3 rings (SSSR count). The lowest BCUT2D eigenvalue weighted by Crippen LogP contribution is -2.26. The second-order valence-electron chi connectivity index (χ2n) is 4.97. The van der Waals surface area contributed by atoms with Gasteiger partial charge in [-0.1, -0.05) is 6.92 Å². The molecule has 0 radical (unpaired) electrons. The fraction of sp³-hybridized carbons (Fsp3) is 0.462. The van der Waals surface area contributed by atoms with Crippen LogP contribution in [0.3, 0.4) is 0 Å². The highest BCUT2D eigenvalue weighted by Gasteiger charge is 2.21. The Labute approximate surface area is 131 Å². The van der Waals surface area contributed by atoms with Gasteiger partial charge in [0.15, 0.2) is 0 Å². The predicted octanol–water partition coefficient (Wildman–Crippen LogP) is 1.72. The molecule has 1 atom stereocenters. The first-order valence-corrected chi connectivity index (χ1v) is 7.81. The first kappa shape index (κ1) is 13.7. The maximum atomic E-state index is 5.85. The lowest BCUT2D eigenvalue weighted by atomic mass is 10.2. The molecule has 0 bridgehead atoms. The van der Waals surface area contributed by atoms with Crippen LogP contribution in [0, 0.1) is 3.57 Å². The van der Waals surface area contributed by atoms with Crippen molar-refractivity contribution < 1.29 is 0 Å². The molecule has 0 aliphatic carbocycles. The van der Waals surface area contributed by atoms with E-state index in [9.17, 15) is 0 Å². The van der Waals surface area contributed by atoms with Crippen LogP contribution in [-0.4, -0.2) is 45.5 Å². The van der Waals surface area contributed by atoms with Gasteiger partial charge >= 0.3 is 0 Å². The van der Waals surface area contributed by atoms with Crippen LogP contribution in [0.15, 0.2) is 12.4 Å². The van der Waals surface area contributed by atoms with Gasteiger partial charge in [-0.15, -0.1) is 0 Å². The Kier molecular flexibility index (Phi) is 3.88. The van der Waals surface area contributed by atoms with E-state index >= 15 is 0 Å². The Morgan fingerprint density at radius 3 is 3.05 bits per heavy atom. The Balaban J connectivity index is 1.85. The molecule has 0 saturated carbocycles. The van der Waals surface area contributed by atoms with E-state index in [1.165, 1.54) is 0 Å². The molecule has 3 heterocycles. The smallest absolute Gasteiger partial charge is 0.223 e. The standard InChI is InChI=1S/C13H17IN6/c1-2-20-4-3-8(7-20)18-13-17-5-9-11(19-13)10(14)6-16-12(9)15/h5-6,8H,2-4,7H2,1H3,(H2,15,16)(H,17,18,19)/t8-/m0/s1. The number of nitrogens with one attached hydrogen (secondary N) is 1. The van der Waals surface area contributed by atoms with Crippen molar-refractivity contribution >= 4 is 45.3 Å². The number of halogens is 1. The molecule has 3 N–H and O–H groups in total. The molecule has 6 nitrogen and oxygen atoms in total. The quantitative estimate of drug-likeness (QED) is 0.785. The zero-order valence-corrected chi connectivity index (χ0v) is 13.5. The van der Waals surface area contributed by atoms with Crippen LogP contribution < -0.4 is 11.1 Å². The highest BCUT2D eigenvalue weighted by atomic mass is 127. The van der Waals surface area contributed by atoms with Crippen LogP contribution in [0.25, 0.3) is 10.9 Å². The van der Waals surface area contributed by atoms with Crippen LogP contribution >= 0.6 is 22.6 Å². The van der Waals surface area contributed by atoms with E-state index in [0.717, 1.165) is 40.5 Å². The van der Waals surface area contributed by atoms with E-state index < -0.39 is 0 Å². The van der Waals surface area contributed by atoms with Crippen molar-refractivity contribution in [1.82, 2.24) is 19.9 Å². The molecular formula is C13H17IN6. The van der Waals surface area contributed by atoms with E-state index in [1.807, 2.05) is 0 Å². The molecule has 2 aromatic rings. The van der Waals surface area contributed by atoms with Crippen molar-refractivity contribution in [1.29, 1.82) is 0 Å². The molecule has 1 aliphatic heterocycles. The summed E-state index contributed by atoms with van der Waals surface area (Å²) in [5, 5.41) is 4.22. The average molecular weight is 384 g/mol. The number of hydrogen-bond acceptors (Lipinski definition) is 6. The zero-order chi connectivity index (χ0) is 14.1. The fourth-order valence-electron chi connectivity index (χ4n) is 2.50. The van der Waals surface area contributed by atoms with Gasteiger partial charge in [-0.2, -0.15) is 0 Å². The van der Waals surface area contributed by atoms with Crippen molar-refractivity contribution in [2.75, 3.05) is 30.7 Å². The van der Waals surface area contributed by atoms with E-state index in [0.29, 0.717) is 17.8 Å². The Hall–Kier alpha value is -1.22. The number of fused-ring (bicyclic) bond motifs is 1. The number of hydrogen-bond donors (Lipinski definition) is 2. The topological polar surface area (TPSA) is 80.0 Å². The summed E-state index contributed by atoms with van der Waals surface area (Å²) in [6.07, 6.45) is 4.62. The maximum absolute atomic E-state index is 5.85. The lowest BCUT2D eigenvalue weighted by molar-refractivity contribution is 0.355. The molecule has 7 heteroatoms. The summed E-state index contributed by atoms with van der Waals surface area (Å²) in [4.78, 5) is 15.5. The lowest BCUT2D eigenvalue weighted by Gasteiger charge is -2.14. The Morgan fingerprint density at radius 2 is 2.30 bits per heavy atom. The second-order valence-corrected chi connectivity index (χ2v) is 6.13. The number of nitrogens with two attached hydrogens (primary N) is 1. The van der Waals surface area contributed by atoms with Crippen LogP contribution in [0.5, 0.6) is 0 Å². The minimum atomic E-state index is 0.421. The molecule has 0 unspecified atom stereocenters. The van der Waals surface area contributed by atoms with E-state index in [2.05, 4.69) is 54.7 Å². The van der Waals surface area contributed by atoms with Gasteiger partial charge in [0.2, 0.25) is 5.95 Å². The summed E-state index contributed by atoms with van der Waals surface area (Å²) in [5.41, 5.74) is 6.72. The van der Waals surface area contributed by atoms with Gasteiger partial charge in [-0.25, -0.2) is 15.0 Å². The summed E-state index contributed by atoms with van der Waals surface area (Å²) < 4.78 is 0.985. The minimum absolute atomic E-state index is 0.421. The predicted molar refractivity (Wildman–Crippen MR) is 88.6 cm³/mol. The summed E-state index contributed by atoms with van der Waals surface area (Å²) >= 11 is 2.22. The second kappa shape index (κ2) is 5.65. The number of aromatic nitrogens is 3. The van der Waals surface area contributed by atoms with Crippen molar-refractivity contribution in [2.24, 2.45) is 0 Å². The Morgan fingerprint density at radius 1 is 1.45 bits per heavy atom. The highest BCUT2D eigenvalue weighted by Crippen LogP contribution is 2.23. The van der Waals surface area contributed by atoms with Gasteiger partial charge in [0, 0.05) is 31.5 Å². The fourth-order valence-corrected chi connectivity index (χ4v) is 3.05. The third-order valence-electron chi connectivity index (χ3n) is 3.66. The van der Waals surface area contributed by atoms with E-state index in [-0.39, 0.29) is 0 Å². The Bertz CT molecular complexity index is 632. The molecule has 20 heavy (non-hydrogen) atoms. The van der Waals surface area contributed by atoms with Gasteiger partial charge in [-0.05, 0) is 35.6 Å². The van der Waals surface area contributed by atoms with Crippen LogP contribution in [0.1, 0.15) is 13.3 Å². The van der Waals surface area contributed by atoms with Crippen molar-refractivity contribution in [2.45, 2.75) is 19.4 Å². The van der Waals surface area contributed by atoms with E-state index in [1.54, 1.807) is 12.4 Å². The van der Waals surface area contributed by atoms with Crippen LogP contribution in [0.2, 0.25) is 0 Å². The molecule has 0 spiro atoms. The third-order valence-corrected chi connectivity index (χ3v) is 4.45. The normalized spacial score (nSPS) is 19.6. The molecule has 2 aromatic heterocycles. The molecule has 0 amide bonds. The number of nitrogens with zero attached hydrogens (tertiary/aromatic N) is 4. The van der Waals surface area contributed by atoms with Crippen LogP contribution in [-0.2, 0) is 0 Å². The summed E-state index contributed by atoms with van der Waals surface area (Å²) in [7, 11) is 0. The van der Waals surface area contributed by atoms with Gasteiger partial charge in [0.05, 0.1) is 14.5 Å². The number of anilines is 2. The van der Waals surface area contributed by atoms with Crippen LogP contribution in [0.4, 0.5) is 11.8 Å². The van der Waals surface area contributed by atoms with Gasteiger partial charge < -0.3 is 16.0 Å². The van der Waals surface area contributed by atoms with Gasteiger partial charge in [0.25, 0.3) is 0 Å². The van der Waals surface area contributed by atoms with Crippen molar-refractivity contribution in [3.63, 3.8) is 0 Å². The number of likely N-dealkylation sites (N-methyl/N-ethyl adjacent to an activating group) is 1. The summed E-state index contributed by atoms with van der Waals surface area (Å²) in [6, 6.07) is 0.421. The summed E-state index contributed by atoms with van der Waals surface area (Å²) in [6.45, 7) is 5.47. The van der Waals surface area contributed by atoms with Gasteiger partial charge in [-0.3, -0.25) is 0 Å². The monoisotopic (exact) mass is 384 g/mol. The van der Waals surface area contributed by atoms with Crippen molar-refractivity contribution in [3.8, 4) is 0 Å². The molecule has 106 valence electrons. The summed E-state index contributed by atoms with van der Waals surface area (Å²) in [5.74, 6) is 1.15. The highest BCUT2D eigenvalue weighted by molar-refractivity contribution is 14.1. The molecular weight excluding hydrogens is 367 g/mol. The number of rotatable bonds is 3. The van der Waals surface area contributed by atoms with E-state index in [4.69, 9.17) is 5.73 Å². The first-order valence-electron chi connectivity index (χ1n) is 6.73. The molecule has 1 aliphatic rings. The molecule has 0 aromatic carbocycles. The average Bonchev–Trinajstić information content (AvgIpc) is 2.91. The largest absolute Gasteiger partial charge is 0.383 e.